The van der Waals surface area contributed by atoms with E-state index in [2.05, 4.69) is 26.2 Å². The maximum absolute atomic E-state index is 13.2. The minimum Gasteiger partial charge on any atom is -0.321 e. The van der Waals surface area contributed by atoms with Crippen molar-refractivity contribution in [3.63, 3.8) is 0 Å². The lowest BCUT2D eigenvalue weighted by Crippen LogP contribution is -2.15. The van der Waals surface area contributed by atoms with Crippen LogP contribution in [0.4, 0.5) is 10.1 Å². The van der Waals surface area contributed by atoms with Crippen LogP contribution in [0, 0.1) is 19.7 Å². The van der Waals surface area contributed by atoms with Crippen molar-refractivity contribution in [1.82, 2.24) is 4.98 Å². The Bertz CT molecular complexity index is 668. The molecular weight excluding hydrogens is 347 g/mol. The molecule has 1 N–H and O–H groups in total. The largest absolute Gasteiger partial charge is 0.321 e. The molecule has 2 aromatic rings. The number of aromatic nitrogens is 1. The molecule has 0 saturated heterocycles. The Hall–Kier alpha value is -1.46. The van der Waals surface area contributed by atoms with E-state index in [0.717, 1.165) is 27.9 Å². The number of aryl methyl sites for hydroxylation is 2. The highest BCUT2D eigenvalue weighted by atomic mass is 79.9. The van der Waals surface area contributed by atoms with Crippen molar-refractivity contribution in [1.29, 1.82) is 0 Å². The van der Waals surface area contributed by atoms with E-state index < -0.39 is 11.7 Å². The Labute approximate surface area is 129 Å². The van der Waals surface area contributed by atoms with Crippen LogP contribution >= 0.6 is 27.5 Å². The fourth-order valence-electron chi connectivity index (χ4n) is 1.87. The average Bonchev–Trinajstić information content (AvgIpc) is 2.36. The standard InChI is InChI=1S/C14H11BrClFN2O/c1-7-3-9(15)4-8(2)12(7)19-14(20)11-5-10(17)6-18-13(11)16/h3-6H,1-2H3,(H,19,20). The first-order valence-electron chi connectivity index (χ1n) is 5.77. The highest BCUT2D eigenvalue weighted by Gasteiger charge is 2.15. The molecule has 0 aliphatic carbocycles. The van der Waals surface area contributed by atoms with Crippen LogP contribution in [-0.2, 0) is 0 Å². The van der Waals surface area contributed by atoms with E-state index in [4.69, 9.17) is 11.6 Å². The Morgan fingerprint density at radius 2 is 1.90 bits per heavy atom. The van der Waals surface area contributed by atoms with E-state index in [-0.39, 0.29) is 10.7 Å². The number of anilines is 1. The summed E-state index contributed by atoms with van der Waals surface area (Å²) < 4.78 is 14.1. The number of hydrogen-bond acceptors (Lipinski definition) is 2. The van der Waals surface area contributed by atoms with Gasteiger partial charge in [0.25, 0.3) is 5.91 Å². The number of pyridine rings is 1. The minimum absolute atomic E-state index is 0.00776. The summed E-state index contributed by atoms with van der Waals surface area (Å²) in [6.45, 7) is 3.75. The first-order chi connectivity index (χ1) is 9.38. The van der Waals surface area contributed by atoms with Gasteiger partial charge in [-0.05, 0) is 43.2 Å². The summed E-state index contributed by atoms with van der Waals surface area (Å²) in [5, 5.41) is 2.71. The first-order valence-corrected chi connectivity index (χ1v) is 6.94. The third kappa shape index (κ3) is 3.16. The summed E-state index contributed by atoms with van der Waals surface area (Å²) >= 11 is 9.20. The molecule has 0 radical (unpaired) electrons. The monoisotopic (exact) mass is 356 g/mol. The van der Waals surface area contributed by atoms with E-state index in [9.17, 15) is 9.18 Å². The molecule has 3 nitrogen and oxygen atoms in total. The summed E-state index contributed by atoms with van der Waals surface area (Å²) in [4.78, 5) is 15.8. The topological polar surface area (TPSA) is 42.0 Å². The lowest BCUT2D eigenvalue weighted by atomic mass is 10.1. The van der Waals surface area contributed by atoms with Gasteiger partial charge >= 0.3 is 0 Å². The van der Waals surface area contributed by atoms with E-state index in [1.54, 1.807) is 0 Å². The maximum atomic E-state index is 13.2. The van der Waals surface area contributed by atoms with Crippen LogP contribution in [0.1, 0.15) is 21.5 Å². The number of carbonyl (C=O) groups is 1. The molecule has 0 aliphatic heterocycles. The van der Waals surface area contributed by atoms with Crippen LogP contribution in [0.25, 0.3) is 0 Å². The zero-order valence-electron chi connectivity index (χ0n) is 10.8. The van der Waals surface area contributed by atoms with E-state index in [1.807, 2.05) is 26.0 Å². The Morgan fingerprint density at radius 1 is 1.30 bits per heavy atom. The molecule has 0 spiro atoms. The van der Waals surface area contributed by atoms with Crippen LogP contribution in [-0.4, -0.2) is 10.9 Å². The molecule has 0 unspecified atom stereocenters. The zero-order chi connectivity index (χ0) is 14.9. The average molecular weight is 358 g/mol. The zero-order valence-corrected chi connectivity index (χ0v) is 13.1. The second kappa shape index (κ2) is 5.89. The van der Waals surface area contributed by atoms with Crippen molar-refractivity contribution in [2.45, 2.75) is 13.8 Å². The summed E-state index contributed by atoms with van der Waals surface area (Å²) in [5.41, 5.74) is 2.48. The smallest absolute Gasteiger partial charge is 0.258 e. The molecule has 2 rings (SSSR count). The number of nitrogens with one attached hydrogen (secondary N) is 1. The fraction of sp³-hybridized carbons (Fsp3) is 0.143. The van der Waals surface area contributed by atoms with Gasteiger partial charge in [0, 0.05) is 10.2 Å². The Kier molecular flexibility index (Phi) is 4.40. The number of hydrogen-bond donors (Lipinski definition) is 1. The minimum atomic E-state index is -0.608. The fourth-order valence-corrected chi connectivity index (χ4v) is 2.75. The van der Waals surface area contributed by atoms with Crippen molar-refractivity contribution in [3.05, 3.63) is 56.5 Å². The van der Waals surface area contributed by atoms with Gasteiger partial charge < -0.3 is 5.32 Å². The molecular formula is C14H11BrClFN2O. The molecule has 1 aromatic carbocycles. The molecule has 104 valence electrons. The van der Waals surface area contributed by atoms with Gasteiger partial charge in [-0.25, -0.2) is 9.37 Å². The SMILES string of the molecule is Cc1cc(Br)cc(C)c1NC(=O)c1cc(F)cnc1Cl. The first kappa shape index (κ1) is 14.9. The number of benzene rings is 1. The van der Waals surface area contributed by atoms with Gasteiger partial charge in [0.2, 0.25) is 0 Å². The van der Waals surface area contributed by atoms with Gasteiger partial charge in [-0.15, -0.1) is 0 Å². The predicted molar refractivity (Wildman–Crippen MR) is 80.8 cm³/mol. The molecule has 6 heteroatoms. The van der Waals surface area contributed by atoms with E-state index in [0.29, 0.717) is 5.69 Å². The van der Waals surface area contributed by atoms with Crippen LogP contribution in [0.5, 0.6) is 0 Å². The van der Waals surface area contributed by atoms with Gasteiger partial charge in [0.05, 0.1) is 11.8 Å². The summed E-state index contributed by atoms with van der Waals surface area (Å²) in [5.74, 6) is -1.10. The number of amides is 1. The quantitative estimate of drug-likeness (QED) is 0.804. The molecule has 1 heterocycles. The van der Waals surface area contributed by atoms with Crippen molar-refractivity contribution in [2.24, 2.45) is 0 Å². The molecule has 0 saturated carbocycles. The predicted octanol–water partition coefficient (Wildman–Crippen LogP) is 4.51. The van der Waals surface area contributed by atoms with Crippen LogP contribution in [0.2, 0.25) is 5.15 Å². The number of nitrogens with zero attached hydrogens (tertiary/aromatic N) is 1. The number of carbonyl (C=O) groups excluding carboxylic acids is 1. The molecule has 20 heavy (non-hydrogen) atoms. The van der Waals surface area contributed by atoms with Crippen molar-refractivity contribution >= 4 is 39.1 Å². The third-order valence-electron chi connectivity index (χ3n) is 2.79. The van der Waals surface area contributed by atoms with Crippen LogP contribution < -0.4 is 5.32 Å². The highest BCUT2D eigenvalue weighted by molar-refractivity contribution is 9.10. The van der Waals surface area contributed by atoms with Gasteiger partial charge in [-0.1, -0.05) is 27.5 Å². The van der Waals surface area contributed by atoms with E-state index >= 15 is 0 Å². The van der Waals surface area contributed by atoms with Crippen molar-refractivity contribution in [2.75, 3.05) is 5.32 Å². The normalized spacial score (nSPS) is 10.4. The second-order valence-electron chi connectivity index (χ2n) is 4.36. The van der Waals surface area contributed by atoms with Gasteiger partial charge in [-0.3, -0.25) is 4.79 Å². The molecule has 0 atom stereocenters. The van der Waals surface area contributed by atoms with Crippen molar-refractivity contribution < 1.29 is 9.18 Å². The Balaban J connectivity index is 2.35. The number of rotatable bonds is 2. The lowest BCUT2D eigenvalue weighted by molar-refractivity contribution is 0.102. The summed E-state index contributed by atoms with van der Waals surface area (Å²) in [6, 6.07) is 4.83. The van der Waals surface area contributed by atoms with E-state index in [1.165, 1.54) is 0 Å². The van der Waals surface area contributed by atoms with Gasteiger partial charge in [0.15, 0.2) is 0 Å². The lowest BCUT2D eigenvalue weighted by Gasteiger charge is -2.12. The molecule has 0 aliphatic rings. The third-order valence-corrected chi connectivity index (χ3v) is 3.55. The summed E-state index contributed by atoms with van der Waals surface area (Å²) in [7, 11) is 0. The van der Waals surface area contributed by atoms with Gasteiger partial charge in [0.1, 0.15) is 11.0 Å². The molecule has 0 fully saturated rings. The van der Waals surface area contributed by atoms with Crippen LogP contribution in [0.15, 0.2) is 28.9 Å². The molecule has 1 aromatic heterocycles. The number of halogens is 3. The maximum Gasteiger partial charge on any atom is 0.258 e. The molecule has 0 bridgehead atoms. The van der Waals surface area contributed by atoms with Crippen molar-refractivity contribution in [3.8, 4) is 0 Å². The second-order valence-corrected chi connectivity index (χ2v) is 5.63. The Morgan fingerprint density at radius 3 is 2.50 bits per heavy atom. The molecule has 1 amide bonds. The highest BCUT2D eigenvalue weighted by Crippen LogP contribution is 2.26. The van der Waals surface area contributed by atoms with Crippen LogP contribution in [0.3, 0.4) is 0 Å². The van der Waals surface area contributed by atoms with Gasteiger partial charge in [-0.2, -0.15) is 0 Å². The summed E-state index contributed by atoms with van der Waals surface area (Å²) in [6.07, 6.45) is 0.968.